The van der Waals surface area contributed by atoms with Crippen LogP contribution in [0, 0.1) is 0 Å². The maximum Gasteiger partial charge on any atom is 0.270 e. The van der Waals surface area contributed by atoms with Crippen LogP contribution >= 0.6 is 15.9 Å². The van der Waals surface area contributed by atoms with Crippen LogP contribution in [0.2, 0.25) is 0 Å². The number of nitrogens with zero attached hydrogens (tertiary/aromatic N) is 3. The minimum atomic E-state index is 0.167. The predicted molar refractivity (Wildman–Crippen MR) is 86.6 cm³/mol. The van der Waals surface area contributed by atoms with Crippen molar-refractivity contribution in [3.8, 4) is 0 Å². The molecule has 6 heteroatoms. The van der Waals surface area contributed by atoms with Crippen molar-refractivity contribution in [3.05, 3.63) is 22.4 Å². The molecule has 0 aromatic carbocycles. The maximum absolute atomic E-state index is 12.6. The van der Waals surface area contributed by atoms with Crippen LogP contribution in [0.3, 0.4) is 0 Å². The van der Waals surface area contributed by atoms with E-state index < -0.39 is 0 Å². The molecular weight excluding hydrogens is 332 g/mol. The summed E-state index contributed by atoms with van der Waals surface area (Å²) in [5.41, 5.74) is 0.808. The summed E-state index contributed by atoms with van der Waals surface area (Å²) in [6, 6.07) is 2.49. The zero-order valence-corrected chi connectivity index (χ0v) is 14.1. The highest BCUT2D eigenvalue weighted by atomic mass is 79.9. The Morgan fingerprint density at radius 3 is 2.76 bits per heavy atom. The Bertz CT molecular complexity index is 504. The van der Waals surface area contributed by atoms with E-state index >= 15 is 0 Å². The molecule has 1 N–H and O–H groups in total. The van der Waals surface area contributed by atoms with Crippen LogP contribution in [0.25, 0.3) is 0 Å². The standard InChI is InChI=1S/C15H23BrN4O/c1-2-5-19-9-12(16)8-14(19)15(21)20-10-13(11-20)18-6-3-17-4-7-18/h8-9,13,17H,2-7,10-11H2,1H3. The van der Waals surface area contributed by atoms with Crippen LogP contribution in [-0.2, 0) is 6.54 Å². The van der Waals surface area contributed by atoms with Crippen molar-refractivity contribution in [2.75, 3.05) is 39.3 Å². The number of piperazine rings is 1. The molecule has 2 aliphatic rings. The third-order valence-electron chi connectivity index (χ3n) is 4.36. The fourth-order valence-corrected chi connectivity index (χ4v) is 3.61. The SMILES string of the molecule is CCCn1cc(Br)cc1C(=O)N1CC(N2CCNCC2)C1. The first kappa shape index (κ1) is 15.1. The van der Waals surface area contributed by atoms with Gasteiger partial charge in [0.25, 0.3) is 5.91 Å². The molecule has 0 atom stereocenters. The Balaban J connectivity index is 1.60. The smallest absolute Gasteiger partial charge is 0.270 e. The lowest BCUT2D eigenvalue weighted by atomic mass is 10.1. The highest BCUT2D eigenvalue weighted by Gasteiger charge is 2.36. The first-order valence-corrected chi connectivity index (χ1v) is 8.58. The van der Waals surface area contributed by atoms with E-state index in [2.05, 4.69) is 37.6 Å². The van der Waals surface area contributed by atoms with Crippen LogP contribution in [0.5, 0.6) is 0 Å². The van der Waals surface area contributed by atoms with E-state index in [4.69, 9.17) is 0 Å². The lowest BCUT2D eigenvalue weighted by Crippen LogP contribution is -2.64. The molecule has 5 nitrogen and oxygen atoms in total. The van der Waals surface area contributed by atoms with Gasteiger partial charge in [0.2, 0.25) is 0 Å². The van der Waals surface area contributed by atoms with Crippen LogP contribution in [0.4, 0.5) is 0 Å². The van der Waals surface area contributed by atoms with Crippen molar-refractivity contribution in [1.82, 2.24) is 19.7 Å². The Morgan fingerprint density at radius 1 is 1.38 bits per heavy atom. The van der Waals surface area contributed by atoms with Gasteiger partial charge >= 0.3 is 0 Å². The molecule has 0 aliphatic carbocycles. The molecule has 116 valence electrons. The van der Waals surface area contributed by atoms with Crippen molar-refractivity contribution in [2.24, 2.45) is 0 Å². The summed E-state index contributed by atoms with van der Waals surface area (Å²) in [6.45, 7) is 9.10. The molecular formula is C15H23BrN4O. The Labute approximate surface area is 134 Å². The monoisotopic (exact) mass is 354 g/mol. The molecule has 1 aromatic rings. The summed E-state index contributed by atoms with van der Waals surface area (Å²) in [7, 11) is 0. The maximum atomic E-state index is 12.6. The molecule has 0 spiro atoms. The third kappa shape index (κ3) is 3.17. The largest absolute Gasteiger partial charge is 0.342 e. The van der Waals surface area contributed by atoms with Gasteiger partial charge in [-0.2, -0.15) is 0 Å². The molecule has 2 saturated heterocycles. The van der Waals surface area contributed by atoms with Gasteiger partial charge in [-0.1, -0.05) is 6.92 Å². The van der Waals surface area contributed by atoms with Crippen molar-refractivity contribution in [1.29, 1.82) is 0 Å². The highest BCUT2D eigenvalue weighted by Crippen LogP contribution is 2.22. The molecule has 0 saturated carbocycles. The third-order valence-corrected chi connectivity index (χ3v) is 4.80. The second-order valence-corrected chi connectivity index (χ2v) is 6.80. The van der Waals surface area contributed by atoms with Crippen LogP contribution in [0.1, 0.15) is 23.8 Å². The molecule has 0 radical (unpaired) electrons. The number of rotatable bonds is 4. The van der Waals surface area contributed by atoms with Gasteiger partial charge in [-0.25, -0.2) is 0 Å². The number of aromatic nitrogens is 1. The first-order valence-electron chi connectivity index (χ1n) is 7.78. The first-order chi connectivity index (χ1) is 10.2. The quantitative estimate of drug-likeness (QED) is 0.888. The topological polar surface area (TPSA) is 40.5 Å². The minimum Gasteiger partial charge on any atom is -0.342 e. The number of aryl methyl sites for hydroxylation is 1. The lowest BCUT2D eigenvalue weighted by Gasteiger charge is -2.46. The summed E-state index contributed by atoms with van der Waals surface area (Å²) in [6.07, 6.45) is 3.04. The van der Waals surface area contributed by atoms with Crippen molar-refractivity contribution in [2.45, 2.75) is 25.9 Å². The zero-order valence-electron chi connectivity index (χ0n) is 12.5. The van der Waals surface area contributed by atoms with E-state index in [0.717, 1.165) is 62.4 Å². The van der Waals surface area contributed by atoms with Gasteiger partial charge in [0.1, 0.15) is 5.69 Å². The molecule has 1 amide bonds. The van der Waals surface area contributed by atoms with E-state index in [-0.39, 0.29) is 5.91 Å². The molecule has 0 bridgehead atoms. The minimum absolute atomic E-state index is 0.167. The van der Waals surface area contributed by atoms with Gasteiger partial charge in [-0.3, -0.25) is 9.69 Å². The summed E-state index contributed by atoms with van der Waals surface area (Å²) >= 11 is 3.48. The van der Waals surface area contributed by atoms with Crippen molar-refractivity contribution >= 4 is 21.8 Å². The van der Waals surface area contributed by atoms with E-state index in [1.165, 1.54) is 0 Å². The Kier molecular flexibility index (Phi) is 4.66. The average Bonchev–Trinajstić information content (AvgIpc) is 2.80. The van der Waals surface area contributed by atoms with Gasteiger partial charge in [-0.15, -0.1) is 0 Å². The fraction of sp³-hybridized carbons (Fsp3) is 0.667. The van der Waals surface area contributed by atoms with Crippen molar-refractivity contribution < 1.29 is 4.79 Å². The number of halogens is 1. The molecule has 2 fully saturated rings. The van der Waals surface area contributed by atoms with E-state index in [1.54, 1.807) is 0 Å². The van der Waals surface area contributed by atoms with Crippen LogP contribution < -0.4 is 5.32 Å². The number of likely N-dealkylation sites (tertiary alicyclic amines) is 1. The predicted octanol–water partition coefficient (Wildman–Crippen LogP) is 1.39. The molecule has 2 aliphatic heterocycles. The molecule has 0 unspecified atom stereocenters. The molecule has 3 rings (SSSR count). The summed E-state index contributed by atoms with van der Waals surface area (Å²) < 4.78 is 3.04. The Hall–Kier alpha value is -0.850. The molecule has 3 heterocycles. The van der Waals surface area contributed by atoms with Gasteiger partial charge in [-0.05, 0) is 28.4 Å². The lowest BCUT2D eigenvalue weighted by molar-refractivity contribution is 0.0219. The molecule has 1 aromatic heterocycles. The van der Waals surface area contributed by atoms with Crippen LogP contribution in [0.15, 0.2) is 16.7 Å². The fourth-order valence-electron chi connectivity index (χ4n) is 3.14. The second-order valence-electron chi connectivity index (χ2n) is 5.89. The number of carbonyl (C=O) groups is 1. The van der Waals surface area contributed by atoms with Gasteiger partial charge in [0.05, 0.1) is 0 Å². The highest BCUT2D eigenvalue weighted by molar-refractivity contribution is 9.10. The normalized spacial score (nSPS) is 20.6. The van der Waals surface area contributed by atoms with Gasteiger partial charge in [0, 0.05) is 62.5 Å². The van der Waals surface area contributed by atoms with E-state index in [9.17, 15) is 4.79 Å². The number of hydrogen-bond acceptors (Lipinski definition) is 3. The van der Waals surface area contributed by atoms with Gasteiger partial charge < -0.3 is 14.8 Å². The van der Waals surface area contributed by atoms with Crippen LogP contribution in [-0.4, -0.2) is 65.6 Å². The number of hydrogen-bond donors (Lipinski definition) is 1. The van der Waals surface area contributed by atoms with E-state index in [0.29, 0.717) is 6.04 Å². The van der Waals surface area contributed by atoms with Crippen molar-refractivity contribution in [3.63, 3.8) is 0 Å². The number of amides is 1. The number of carbonyl (C=O) groups excluding carboxylic acids is 1. The zero-order chi connectivity index (χ0) is 14.8. The molecule has 21 heavy (non-hydrogen) atoms. The summed E-state index contributed by atoms with van der Waals surface area (Å²) in [5, 5.41) is 3.37. The van der Waals surface area contributed by atoms with E-state index in [1.807, 2.05) is 17.2 Å². The summed E-state index contributed by atoms with van der Waals surface area (Å²) in [4.78, 5) is 17.1. The average molecular weight is 355 g/mol. The second kappa shape index (κ2) is 6.50. The Morgan fingerprint density at radius 2 is 2.10 bits per heavy atom. The van der Waals surface area contributed by atoms with Gasteiger partial charge in [0.15, 0.2) is 0 Å². The summed E-state index contributed by atoms with van der Waals surface area (Å²) in [5.74, 6) is 0.167. The number of nitrogens with one attached hydrogen (secondary N) is 1.